The first-order chi connectivity index (χ1) is 10.3. The number of nitrogens with one attached hydrogen (secondary N) is 1. The third kappa shape index (κ3) is 2.76. The molecule has 0 amide bonds. The van der Waals surface area contributed by atoms with E-state index >= 15 is 0 Å². The molecule has 126 valence electrons. The maximum absolute atomic E-state index is 6.25. The summed E-state index contributed by atoms with van der Waals surface area (Å²) in [5.41, 5.74) is 6.58. The summed E-state index contributed by atoms with van der Waals surface area (Å²) in [5.74, 6) is 1.33. The van der Waals surface area contributed by atoms with E-state index in [0.717, 1.165) is 6.61 Å². The molecule has 3 aliphatic carbocycles. The van der Waals surface area contributed by atoms with Gasteiger partial charge < -0.3 is 15.8 Å². The summed E-state index contributed by atoms with van der Waals surface area (Å²) >= 11 is 0. The van der Waals surface area contributed by atoms with Gasteiger partial charge in [-0.3, -0.25) is 0 Å². The molecule has 0 bridgehead atoms. The molecular formula is C17H30IN3O. The summed E-state index contributed by atoms with van der Waals surface area (Å²) in [6, 6.07) is 0.973. The fourth-order valence-corrected chi connectivity index (χ4v) is 5.48. The van der Waals surface area contributed by atoms with Gasteiger partial charge in [0.25, 0.3) is 0 Å². The number of guanidine groups is 1. The molecule has 5 heteroatoms. The summed E-state index contributed by atoms with van der Waals surface area (Å²) in [4.78, 5) is 4.96. The fourth-order valence-electron chi connectivity index (χ4n) is 5.48. The van der Waals surface area contributed by atoms with Crippen molar-refractivity contribution in [3.05, 3.63) is 0 Å². The summed E-state index contributed by atoms with van der Waals surface area (Å²) in [6.07, 6.45) is 13.5. The van der Waals surface area contributed by atoms with E-state index in [1.165, 1.54) is 64.2 Å². The summed E-state index contributed by atoms with van der Waals surface area (Å²) in [5, 5.41) is 3.49. The van der Waals surface area contributed by atoms with Crippen molar-refractivity contribution in [2.24, 2.45) is 22.1 Å². The predicted octanol–water partition coefficient (Wildman–Crippen LogP) is 3.19. The number of ether oxygens (including phenoxy) is 1. The first-order valence-corrected chi connectivity index (χ1v) is 9.01. The lowest BCUT2D eigenvalue weighted by Gasteiger charge is -2.54. The third-order valence-corrected chi connectivity index (χ3v) is 6.47. The van der Waals surface area contributed by atoms with E-state index in [2.05, 4.69) is 5.32 Å². The Kier molecular flexibility index (Phi) is 5.22. The van der Waals surface area contributed by atoms with Gasteiger partial charge >= 0.3 is 0 Å². The molecule has 0 aromatic carbocycles. The van der Waals surface area contributed by atoms with Crippen LogP contribution in [0.3, 0.4) is 0 Å². The van der Waals surface area contributed by atoms with Crippen LogP contribution in [0, 0.1) is 11.3 Å². The fraction of sp³-hybridized carbons (Fsp3) is 0.941. The minimum Gasteiger partial charge on any atom is -0.377 e. The van der Waals surface area contributed by atoms with Crippen LogP contribution in [0.25, 0.3) is 0 Å². The first-order valence-electron chi connectivity index (χ1n) is 9.01. The molecule has 1 heterocycles. The first kappa shape index (κ1) is 16.8. The van der Waals surface area contributed by atoms with Gasteiger partial charge in [-0.2, -0.15) is 0 Å². The largest absolute Gasteiger partial charge is 0.377 e. The van der Waals surface area contributed by atoms with Crippen LogP contribution >= 0.6 is 24.0 Å². The highest BCUT2D eigenvalue weighted by Gasteiger charge is 2.65. The van der Waals surface area contributed by atoms with Gasteiger partial charge in [-0.15, -0.1) is 24.0 Å². The molecule has 3 saturated carbocycles. The number of nitrogens with zero attached hydrogens (tertiary/aromatic N) is 1. The Labute approximate surface area is 151 Å². The quantitative estimate of drug-likeness (QED) is 0.411. The minimum atomic E-state index is 0. The molecule has 3 unspecified atom stereocenters. The van der Waals surface area contributed by atoms with Crippen molar-refractivity contribution in [3.63, 3.8) is 0 Å². The SMILES string of the molecule is I.NC(=NC1C2CCOC2C12CCCC2)NC1CCCCC1. The number of hydrogen-bond acceptors (Lipinski definition) is 2. The van der Waals surface area contributed by atoms with Crippen molar-refractivity contribution in [3.8, 4) is 0 Å². The van der Waals surface area contributed by atoms with Crippen molar-refractivity contribution >= 4 is 29.9 Å². The van der Waals surface area contributed by atoms with Gasteiger partial charge in [0.2, 0.25) is 0 Å². The molecule has 4 aliphatic rings. The van der Waals surface area contributed by atoms with Gasteiger partial charge in [-0.05, 0) is 32.1 Å². The van der Waals surface area contributed by atoms with Crippen LogP contribution in [0.15, 0.2) is 4.99 Å². The Morgan fingerprint density at radius 1 is 1.05 bits per heavy atom. The molecule has 3 atom stereocenters. The van der Waals surface area contributed by atoms with Crippen LogP contribution in [-0.4, -0.2) is 30.8 Å². The van der Waals surface area contributed by atoms with E-state index in [1.54, 1.807) is 0 Å². The van der Waals surface area contributed by atoms with Crippen molar-refractivity contribution in [2.75, 3.05) is 6.61 Å². The maximum Gasteiger partial charge on any atom is 0.189 e. The molecule has 0 aromatic rings. The number of hydrogen-bond donors (Lipinski definition) is 2. The normalized spacial score (nSPS) is 37.5. The molecule has 22 heavy (non-hydrogen) atoms. The Morgan fingerprint density at radius 2 is 1.77 bits per heavy atom. The van der Waals surface area contributed by atoms with Gasteiger partial charge in [-0.1, -0.05) is 32.1 Å². The third-order valence-electron chi connectivity index (χ3n) is 6.47. The van der Waals surface area contributed by atoms with Gasteiger partial charge in [0.15, 0.2) is 5.96 Å². The van der Waals surface area contributed by atoms with Crippen LogP contribution in [0.1, 0.15) is 64.2 Å². The Hall–Kier alpha value is -0.0400. The molecule has 0 radical (unpaired) electrons. The Bertz CT molecular complexity index is 416. The highest BCUT2D eigenvalue weighted by molar-refractivity contribution is 14.0. The zero-order valence-electron chi connectivity index (χ0n) is 13.4. The van der Waals surface area contributed by atoms with Gasteiger partial charge in [0.1, 0.15) is 0 Å². The average Bonchev–Trinajstić information content (AvgIpc) is 3.14. The van der Waals surface area contributed by atoms with Crippen molar-refractivity contribution < 1.29 is 4.74 Å². The van der Waals surface area contributed by atoms with Gasteiger partial charge in [0.05, 0.1) is 12.1 Å². The average molecular weight is 419 g/mol. The Morgan fingerprint density at radius 3 is 2.50 bits per heavy atom. The van der Waals surface area contributed by atoms with Crippen LogP contribution in [-0.2, 0) is 4.74 Å². The highest BCUT2D eigenvalue weighted by Crippen LogP contribution is 2.61. The molecule has 4 nitrogen and oxygen atoms in total. The number of aliphatic imine (C=N–C) groups is 1. The van der Waals surface area contributed by atoms with Crippen molar-refractivity contribution in [1.29, 1.82) is 0 Å². The van der Waals surface area contributed by atoms with E-state index in [4.69, 9.17) is 15.5 Å². The smallest absolute Gasteiger partial charge is 0.189 e. The minimum absolute atomic E-state index is 0. The molecule has 3 N–H and O–H groups in total. The highest BCUT2D eigenvalue weighted by atomic mass is 127. The topological polar surface area (TPSA) is 59.6 Å². The van der Waals surface area contributed by atoms with E-state index in [9.17, 15) is 0 Å². The maximum atomic E-state index is 6.25. The number of fused-ring (bicyclic) bond motifs is 2. The van der Waals surface area contributed by atoms with E-state index < -0.39 is 0 Å². The standard InChI is InChI=1S/C17H29N3O.HI/c18-16(19-12-6-2-1-3-7-12)20-14-13-8-11-21-15(13)17(14)9-4-5-10-17;/h12-15H,1-11H2,(H3,18,19,20);1H. The second kappa shape index (κ2) is 6.83. The Balaban J connectivity index is 0.00000144. The van der Waals surface area contributed by atoms with Crippen LogP contribution in [0.4, 0.5) is 0 Å². The summed E-state index contributed by atoms with van der Waals surface area (Å²) in [7, 11) is 0. The van der Waals surface area contributed by atoms with Crippen molar-refractivity contribution in [1.82, 2.24) is 5.32 Å². The van der Waals surface area contributed by atoms with E-state index in [-0.39, 0.29) is 24.0 Å². The molecule has 1 saturated heterocycles. The second-order valence-electron chi connectivity index (χ2n) is 7.62. The molecule has 1 aliphatic heterocycles. The number of rotatable bonds is 2. The lowest BCUT2D eigenvalue weighted by Crippen LogP contribution is -2.61. The number of halogens is 1. The van der Waals surface area contributed by atoms with Crippen LogP contribution in [0.2, 0.25) is 0 Å². The summed E-state index contributed by atoms with van der Waals surface area (Å²) in [6.45, 7) is 0.930. The molecule has 0 aromatic heterocycles. The van der Waals surface area contributed by atoms with Crippen LogP contribution < -0.4 is 11.1 Å². The molecular weight excluding hydrogens is 389 g/mol. The summed E-state index contributed by atoms with van der Waals surface area (Å²) < 4.78 is 6.02. The van der Waals surface area contributed by atoms with Crippen molar-refractivity contribution in [2.45, 2.75) is 82.4 Å². The van der Waals surface area contributed by atoms with Gasteiger partial charge in [0, 0.05) is 24.0 Å². The van der Waals surface area contributed by atoms with E-state index in [0.29, 0.717) is 35.5 Å². The molecule has 1 spiro atoms. The number of nitrogens with two attached hydrogens (primary N) is 1. The zero-order valence-corrected chi connectivity index (χ0v) is 15.8. The lowest BCUT2D eigenvalue weighted by molar-refractivity contribution is -0.117. The lowest BCUT2D eigenvalue weighted by atomic mass is 9.54. The molecule has 4 rings (SSSR count). The van der Waals surface area contributed by atoms with E-state index in [1.807, 2.05) is 0 Å². The monoisotopic (exact) mass is 419 g/mol. The van der Waals surface area contributed by atoms with Crippen LogP contribution in [0.5, 0.6) is 0 Å². The van der Waals surface area contributed by atoms with Gasteiger partial charge in [-0.25, -0.2) is 4.99 Å². The predicted molar refractivity (Wildman–Crippen MR) is 99.6 cm³/mol. The second-order valence-corrected chi connectivity index (χ2v) is 7.62. The molecule has 4 fully saturated rings. The zero-order chi connectivity index (χ0) is 14.3.